The van der Waals surface area contributed by atoms with E-state index in [-0.39, 0.29) is 0 Å². The van der Waals surface area contributed by atoms with Crippen molar-refractivity contribution >= 4 is 40.0 Å². The summed E-state index contributed by atoms with van der Waals surface area (Å²) in [7, 11) is 0. The lowest BCUT2D eigenvalue weighted by Gasteiger charge is -2.15. The van der Waals surface area contributed by atoms with E-state index in [1.54, 1.807) is 18.2 Å². The summed E-state index contributed by atoms with van der Waals surface area (Å²) in [5.41, 5.74) is -0.471. The Hall–Kier alpha value is -2.74. The number of carbonyl (C=O) groups is 3. The maximum absolute atomic E-state index is 12.5. The molecule has 1 aromatic heterocycles. The highest BCUT2D eigenvalue weighted by Gasteiger charge is 2.23. The number of aliphatic carboxylic acids is 1. The molecule has 1 amide bonds. The van der Waals surface area contributed by atoms with Crippen molar-refractivity contribution in [1.29, 1.82) is 0 Å². The van der Waals surface area contributed by atoms with Gasteiger partial charge >= 0.3 is 5.97 Å². The number of alkyl halides is 1. The van der Waals surface area contributed by atoms with Gasteiger partial charge in [0.25, 0.3) is 5.56 Å². The van der Waals surface area contributed by atoms with Crippen molar-refractivity contribution in [3.63, 3.8) is 0 Å². The third kappa shape index (κ3) is 4.63. The highest BCUT2D eigenvalue weighted by Crippen LogP contribution is 2.15. The van der Waals surface area contributed by atoms with E-state index >= 15 is 0 Å². The number of halogens is 2. The van der Waals surface area contributed by atoms with Crippen LogP contribution in [0.3, 0.4) is 0 Å². The van der Waals surface area contributed by atoms with Gasteiger partial charge in [-0.25, -0.2) is 4.39 Å². The zero-order valence-electron chi connectivity index (χ0n) is 12.9. The Morgan fingerprint density at radius 1 is 1.28 bits per heavy atom. The second-order valence-electron chi connectivity index (χ2n) is 5.30. The van der Waals surface area contributed by atoms with Gasteiger partial charge in [-0.05, 0) is 23.6 Å². The van der Waals surface area contributed by atoms with Crippen LogP contribution in [0, 0.1) is 0 Å². The highest BCUT2D eigenvalue weighted by molar-refractivity contribution is 6.31. The first kappa shape index (κ1) is 18.6. The van der Waals surface area contributed by atoms with E-state index in [2.05, 4.69) is 5.32 Å². The Labute approximate surface area is 146 Å². The number of carboxylic acid groups (broad SMARTS) is 1. The smallest absolute Gasteiger partial charge is 0.305 e. The molecule has 2 aromatic rings. The number of carbonyl (C=O) groups excluding carboxylic acids is 2. The maximum atomic E-state index is 12.5. The lowest BCUT2D eigenvalue weighted by molar-refractivity contribution is -0.140. The predicted octanol–water partition coefficient (Wildman–Crippen LogP) is 1.15. The minimum absolute atomic E-state index is 0.310. The Morgan fingerprint density at radius 2 is 2.00 bits per heavy atom. The van der Waals surface area contributed by atoms with Crippen molar-refractivity contribution in [2.75, 3.05) is 6.67 Å². The summed E-state index contributed by atoms with van der Waals surface area (Å²) in [4.78, 5) is 46.5. The average Bonchev–Trinajstić information content (AvgIpc) is 2.56. The zero-order chi connectivity index (χ0) is 18.6. The number of benzene rings is 1. The second kappa shape index (κ2) is 7.89. The summed E-state index contributed by atoms with van der Waals surface area (Å²) in [6.07, 6.45) is 0.651. The van der Waals surface area contributed by atoms with E-state index in [1.165, 1.54) is 12.3 Å². The van der Waals surface area contributed by atoms with Gasteiger partial charge in [-0.1, -0.05) is 17.7 Å². The van der Waals surface area contributed by atoms with Crippen LogP contribution >= 0.6 is 11.6 Å². The monoisotopic (exact) mass is 368 g/mol. The Morgan fingerprint density at radius 3 is 2.64 bits per heavy atom. The largest absolute Gasteiger partial charge is 0.481 e. The SMILES string of the molecule is O=C(O)CC(NC(=O)Cn1ccc2ccc(Cl)cc2c1=O)C(=O)CF. The molecule has 1 unspecified atom stereocenters. The highest BCUT2D eigenvalue weighted by atomic mass is 35.5. The van der Waals surface area contributed by atoms with Crippen molar-refractivity contribution in [1.82, 2.24) is 9.88 Å². The fraction of sp³-hybridized carbons (Fsp3) is 0.250. The molecule has 0 saturated carbocycles. The molecule has 2 N–H and O–H groups in total. The minimum Gasteiger partial charge on any atom is -0.481 e. The molecule has 2 rings (SSSR count). The molecule has 0 aliphatic carbocycles. The molecule has 132 valence electrons. The molecule has 0 aliphatic heterocycles. The van der Waals surface area contributed by atoms with Crippen LogP contribution in [0.2, 0.25) is 5.02 Å². The summed E-state index contributed by atoms with van der Waals surface area (Å²) < 4.78 is 13.6. The number of hydrogen-bond acceptors (Lipinski definition) is 4. The van der Waals surface area contributed by atoms with Gasteiger partial charge in [0.2, 0.25) is 5.91 Å². The molecule has 1 aromatic carbocycles. The molecule has 9 heteroatoms. The van der Waals surface area contributed by atoms with Crippen LogP contribution in [0.1, 0.15) is 6.42 Å². The van der Waals surface area contributed by atoms with Crippen LogP contribution < -0.4 is 10.9 Å². The average molecular weight is 369 g/mol. The van der Waals surface area contributed by atoms with E-state index in [0.29, 0.717) is 15.8 Å². The normalized spacial score (nSPS) is 11.9. The van der Waals surface area contributed by atoms with Gasteiger partial charge in [-0.2, -0.15) is 0 Å². The lowest BCUT2D eigenvalue weighted by Crippen LogP contribution is -2.45. The number of ketones is 1. The molecule has 0 aliphatic rings. The molecule has 25 heavy (non-hydrogen) atoms. The third-order valence-corrected chi connectivity index (χ3v) is 3.72. The number of carboxylic acids is 1. The first-order valence-electron chi connectivity index (χ1n) is 7.20. The summed E-state index contributed by atoms with van der Waals surface area (Å²) in [5, 5.41) is 12.2. The lowest BCUT2D eigenvalue weighted by atomic mass is 10.1. The van der Waals surface area contributed by atoms with Gasteiger partial charge in [-0.15, -0.1) is 0 Å². The van der Waals surface area contributed by atoms with E-state index in [0.717, 1.165) is 4.57 Å². The Bertz CT molecular complexity index is 896. The van der Waals surface area contributed by atoms with Crippen LogP contribution in [-0.4, -0.2) is 40.0 Å². The van der Waals surface area contributed by atoms with Gasteiger partial charge in [0.15, 0.2) is 5.78 Å². The van der Waals surface area contributed by atoms with Crippen LogP contribution in [-0.2, 0) is 20.9 Å². The maximum Gasteiger partial charge on any atom is 0.305 e. The van der Waals surface area contributed by atoms with Crippen molar-refractivity contribution < 1.29 is 23.9 Å². The third-order valence-electron chi connectivity index (χ3n) is 3.49. The summed E-state index contributed by atoms with van der Waals surface area (Å²) in [5.74, 6) is -3.19. The predicted molar refractivity (Wildman–Crippen MR) is 88.4 cm³/mol. The molecule has 0 spiro atoms. The quantitative estimate of drug-likeness (QED) is 0.762. The number of nitrogens with one attached hydrogen (secondary N) is 1. The van der Waals surface area contributed by atoms with Crippen LogP contribution in [0.25, 0.3) is 10.8 Å². The number of fused-ring (bicyclic) bond motifs is 1. The fourth-order valence-corrected chi connectivity index (χ4v) is 2.46. The summed E-state index contributed by atoms with van der Waals surface area (Å²) in [6.45, 7) is -1.84. The van der Waals surface area contributed by atoms with Gasteiger partial charge in [0.1, 0.15) is 19.3 Å². The number of nitrogens with zero attached hydrogens (tertiary/aromatic N) is 1. The molecule has 1 atom stereocenters. The van der Waals surface area contributed by atoms with Crippen LogP contribution in [0.4, 0.5) is 4.39 Å². The fourth-order valence-electron chi connectivity index (χ4n) is 2.28. The van der Waals surface area contributed by atoms with Crippen molar-refractivity contribution in [3.8, 4) is 0 Å². The van der Waals surface area contributed by atoms with Gasteiger partial charge in [0, 0.05) is 16.6 Å². The minimum atomic E-state index is -1.49. The van der Waals surface area contributed by atoms with Gasteiger partial charge < -0.3 is 15.0 Å². The Balaban J connectivity index is 2.20. The number of aromatic nitrogens is 1. The number of pyridine rings is 1. The first-order valence-corrected chi connectivity index (χ1v) is 7.58. The summed E-state index contributed by atoms with van der Waals surface area (Å²) >= 11 is 5.86. The number of rotatable bonds is 7. The van der Waals surface area contributed by atoms with Crippen molar-refractivity contribution in [2.24, 2.45) is 0 Å². The second-order valence-corrected chi connectivity index (χ2v) is 5.73. The topological polar surface area (TPSA) is 105 Å². The van der Waals surface area contributed by atoms with E-state index in [4.69, 9.17) is 16.7 Å². The molecule has 1 heterocycles. The number of Topliss-reactive ketones (excluding diaryl/α,β-unsaturated/α-hetero) is 1. The molecule has 7 nitrogen and oxygen atoms in total. The molecular weight excluding hydrogens is 355 g/mol. The van der Waals surface area contributed by atoms with Crippen molar-refractivity contribution in [3.05, 3.63) is 45.8 Å². The summed E-state index contributed by atoms with van der Waals surface area (Å²) in [6, 6.07) is 4.88. The molecule has 0 radical (unpaired) electrons. The Kier molecular flexibility index (Phi) is 5.87. The van der Waals surface area contributed by atoms with Gasteiger partial charge in [-0.3, -0.25) is 19.2 Å². The van der Waals surface area contributed by atoms with E-state index in [1.807, 2.05) is 0 Å². The molecule has 0 fully saturated rings. The van der Waals surface area contributed by atoms with Crippen LogP contribution in [0.15, 0.2) is 35.3 Å². The standard InChI is InChI=1S/C16H14ClFN2O5/c17-10-2-1-9-3-4-20(16(25)11(9)5-10)8-14(22)19-12(6-15(23)24)13(21)7-18/h1-5,12H,6-8H2,(H,19,22)(H,23,24). The molecule has 0 saturated heterocycles. The number of amides is 1. The molecule has 0 bridgehead atoms. The van der Waals surface area contributed by atoms with Crippen molar-refractivity contribution in [2.45, 2.75) is 19.0 Å². The van der Waals surface area contributed by atoms with Gasteiger partial charge in [0.05, 0.1) is 6.42 Å². The number of hydrogen-bond donors (Lipinski definition) is 2. The molecular formula is C16H14ClFN2O5. The first-order chi connectivity index (χ1) is 11.8. The van der Waals surface area contributed by atoms with E-state index in [9.17, 15) is 23.6 Å². The zero-order valence-corrected chi connectivity index (χ0v) is 13.6. The van der Waals surface area contributed by atoms with Crippen LogP contribution in [0.5, 0.6) is 0 Å². The van der Waals surface area contributed by atoms with E-state index < -0.39 is 48.9 Å².